The molecule has 0 bridgehead atoms. The Labute approximate surface area is 143 Å². The molecule has 3 fully saturated rings. The predicted molar refractivity (Wildman–Crippen MR) is 88.5 cm³/mol. The molecule has 3 aliphatic carbocycles. The number of rotatable bonds is 4. The number of alkyl halides is 3. The van der Waals surface area contributed by atoms with Gasteiger partial charge in [-0.05, 0) is 94.3 Å². The Morgan fingerprint density at radius 3 is 1.67 bits per heavy atom. The van der Waals surface area contributed by atoms with Gasteiger partial charge in [0.1, 0.15) is 6.17 Å². The molecule has 0 aromatic rings. The Kier molecular flexibility index (Phi) is 6.47. The molecule has 24 heavy (non-hydrogen) atoms. The molecule has 0 aliphatic heterocycles. The smallest absolute Gasteiger partial charge is 0.328 e. The summed E-state index contributed by atoms with van der Waals surface area (Å²) >= 11 is 0. The quantitative estimate of drug-likeness (QED) is 0.772. The first kappa shape index (κ1) is 18.5. The van der Waals surface area contributed by atoms with Crippen molar-refractivity contribution < 1.29 is 17.9 Å². The predicted octanol–water partition coefficient (Wildman–Crippen LogP) is 5.06. The van der Waals surface area contributed by atoms with Gasteiger partial charge in [0.2, 0.25) is 0 Å². The lowest BCUT2D eigenvalue weighted by molar-refractivity contribution is -0.190. The van der Waals surface area contributed by atoms with Crippen molar-refractivity contribution in [1.82, 2.24) is 0 Å². The van der Waals surface area contributed by atoms with E-state index in [1.807, 2.05) is 0 Å². The molecule has 5 heteroatoms. The molecule has 0 spiro atoms. The third-order valence-electron chi connectivity index (χ3n) is 7.00. The minimum absolute atomic E-state index is 0.359. The second-order valence-electron chi connectivity index (χ2n) is 8.37. The van der Waals surface area contributed by atoms with Crippen LogP contribution in [0.4, 0.5) is 13.2 Å². The zero-order chi connectivity index (χ0) is 17.1. The Hall–Kier alpha value is -0.290. The van der Waals surface area contributed by atoms with Gasteiger partial charge in [0.15, 0.2) is 0 Å². The first-order chi connectivity index (χ1) is 11.5. The van der Waals surface area contributed by atoms with Crippen molar-refractivity contribution in [1.29, 1.82) is 0 Å². The van der Waals surface area contributed by atoms with E-state index in [1.165, 1.54) is 51.4 Å². The van der Waals surface area contributed by atoms with Crippen molar-refractivity contribution in [2.45, 2.75) is 95.6 Å². The lowest BCUT2D eigenvalue weighted by atomic mass is 9.66. The maximum absolute atomic E-state index is 14.1. The van der Waals surface area contributed by atoms with Crippen molar-refractivity contribution in [3.63, 3.8) is 0 Å². The van der Waals surface area contributed by atoms with Crippen LogP contribution in [-0.4, -0.2) is 24.9 Å². The number of hydrogen-bond acceptors (Lipinski definition) is 2. The highest BCUT2D eigenvalue weighted by Crippen LogP contribution is 2.45. The van der Waals surface area contributed by atoms with Crippen LogP contribution in [0.5, 0.6) is 0 Å². The van der Waals surface area contributed by atoms with E-state index in [0.29, 0.717) is 30.7 Å². The minimum atomic E-state index is -2.86. The molecule has 0 amide bonds. The summed E-state index contributed by atoms with van der Waals surface area (Å²) < 4.78 is 43.2. The summed E-state index contributed by atoms with van der Waals surface area (Å²) in [4.78, 5) is 0. The van der Waals surface area contributed by atoms with Crippen molar-refractivity contribution >= 4 is 0 Å². The fourth-order valence-electron chi connectivity index (χ4n) is 5.54. The molecule has 0 radical (unpaired) electrons. The van der Waals surface area contributed by atoms with E-state index in [9.17, 15) is 13.2 Å². The van der Waals surface area contributed by atoms with Crippen LogP contribution in [0.1, 0.15) is 70.6 Å². The number of halogens is 3. The third-order valence-corrected chi connectivity index (χ3v) is 7.00. The molecule has 0 saturated heterocycles. The monoisotopic (exact) mass is 347 g/mol. The number of ether oxygens (including phenoxy) is 1. The lowest BCUT2D eigenvalue weighted by Gasteiger charge is -2.41. The zero-order valence-corrected chi connectivity index (χ0v) is 14.5. The van der Waals surface area contributed by atoms with Crippen LogP contribution in [-0.2, 0) is 4.74 Å². The van der Waals surface area contributed by atoms with Gasteiger partial charge in [-0.3, -0.25) is 0 Å². The van der Waals surface area contributed by atoms with Crippen LogP contribution in [0.15, 0.2) is 0 Å². The Morgan fingerprint density at radius 2 is 1.17 bits per heavy atom. The first-order valence-electron chi connectivity index (χ1n) is 9.86. The summed E-state index contributed by atoms with van der Waals surface area (Å²) in [5, 5.41) is 0. The van der Waals surface area contributed by atoms with Crippen LogP contribution in [0, 0.1) is 23.7 Å². The van der Waals surface area contributed by atoms with Gasteiger partial charge < -0.3 is 10.5 Å². The molecular weight excluding hydrogens is 315 g/mol. The molecule has 3 unspecified atom stereocenters. The standard InChI is InChI=1S/C19H32F3NO/c20-17-11-15(7-10-18(17)24-19(21)22)14-3-1-12(2-4-14)13-5-8-16(23)9-6-13/h12-19H,1-11,23H2. The summed E-state index contributed by atoms with van der Waals surface area (Å²) in [5.74, 6) is 2.61. The highest BCUT2D eigenvalue weighted by atomic mass is 19.3. The Morgan fingerprint density at radius 1 is 0.708 bits per heavy atom. The SMILES string of the molecule is NC1CCC(C2CCC(C3CCC(OC(F)F)C(F)C3)CC2)CC1. The highest BCUT2D eigenvalue weighted by molar-refractivity contribution is 4.88. The molecule has 3 rings (SSSR count). The van der Waals surface area contributed by atoms with Gasteiger partial charge in [-0.25, -0.2) is 4.39 Å². The molecule has 3 atom stereocenters. The average molecular weight is 347 g/mol. The zero-order valence-electron chi connectivity index (χ0n) is 14.5. The molecule has 2 N–H and O–H groups in total. The van der Waals surface area contributed by atoms with Crippen molar-refractivity contribution in [3.05, 3.63) is 0 Å². The molecule has 3 aliphatic rings. The van der Waals surface area contributed by atoms with Gasteiger partial charge >= 0.3 is 6.61 Å². The van der Waals surface area contributed by atoms with Crippen LogP contribution < -0.4 is 5.73 Å². The van der Waals surface area contributed by atoms with Crippen LogP contribution in [0.25, 0.3) is 0 Å². The highest BCUT2D eigenvalue weighted by Gasteiger charge is 2.38. The average Bonchev–Trinajstić information content (AvgIpc) is 2.57. The van der Waals surface area contributed by atoms with E-state index >= 15 is 0 Å². The first-order valence-corrected chi connectivity index (χ1v) is 9.86. The molecule has 0 heterocycles. The second-order valence-corrected chi connectivity index (χ2v) is 8.37. The van der Waals surface area contributed by atoms with Gasteiger partial charge in [0.05, 0.1) is 6.10 Å². The summed E-state index contributed by atoms with van der Waals surface area (Å²) in [5.41, 5.74) is 6.01. The summed E-state index contributed by atoms with van der Waals surface area (Å²) in [6, 6.07) is 0.407. The molecule has 2 nitrogen and oxygen atoms in total. The van der Waals surface area contributed by atoms with E-state index in [-0.39, 0.29) is 0 Å². The van der Waals surface area contributed by atoms with E-state index < -0.39 is 18.9 Å². The Bertz CT molecular complexity index is 379. The van der Waals surface area contributed by atoms with Crippen molar-refractivity contribution in [3.8, 4) is 0 Å². The van der Waals surface area contributed by atoms with E-state index in [1.54, 1.807) is 0 Å². The van der Waals surface area contributed by atoms with E-state index in [4.69, 9.17) is 5.73 Å². The largest absolute Gasteiger partial charge is 0.345 e. The fraction of sp³-hybridized carbons (Fsp3) is 1.00. The third kappa shape index (κ3) is 4.66. The maximum Gasteiger partial charge on any atom is 0.345 e. The van der Waals surface area contributed by atoms with Gasteiger partial charge in [-0.15, -0.1) is 0 Å². The van der Waals surface area contributed by atoms with E-state index in [0.717, 1.165) is 18.3 Å². The van der Waals surface area contributed by atoms with Crippen LogP contribution in [0.2, 0.25) is 0 Å². The van der Waals surface area contributed by atoms with Crippen LogP contribution >= 0.6 is 0 Å². The molecular formula is C19H32F3NO. The summed E-state index contributed by atoms with van der Waals surface area (Å²) in [6.07, 6.45) is 9.34. The van der Waals surface area contributed by atoms with Crippen molar-refractivity contribution in [2.75, 3.05) is 0 Å². The maximum atomic E-state index is 14.1. The molecule has 140 valence electrons. The second kappa shape index (κ2) is 8.39. The topological polar surface area (TPSA) is 35.2 Å². The normalized spacial score (nSPS) is 44.6. The summed E-state index contributed by atoms with van der Waals surface area (Å²) in [6.45, 7) is -2.86. The number of hydrogen-bond donors (Lipinski definition) is 1. The van der Waals surface area contributed by atoms with Gasteiger partial charge in [-0.1, -0.05) is 0 Å². The molecule has 0 aromatic heterocycles. The Balaban J connectivity index is 1.42. The van der Waals surface area contributed by atoms with Gasteiger partial charge in [0, 0.05) is 6.04 Å². The van der Waals surface area contributed by atoms with Crippen LogP contribution in [0.3, 0.4) is 0 Å². The minimum Gasteiger partial charge on any atom is -0.328 e. The molecule has 0 aromatic carbocycles. The van der Waals surface area contributed by atoms with Crippen molar-refractivity contribution in [2.24, 2.45) is 29.4 Å². The number of nitrogens with two attached hydrogens (primary N) is 1. The molecule has 3 saturated carbocycles. The van der Waals surface area contributed by atoms with Gasteiger partial charge in [0.25, 0.3) is 0 Å². The van der Waals surface area contributed by atoms with E-state index in [2.05, 4.69) is 4.74 Å². The lowest BCUT2D eigenvalue weighted by Crippen LogP contribution is -2.38. The van der Waals surface area contributed by atoms with Gasteiger partial charge in [-0.2, -0.15) is 8.78 Å². The summed E-state index contributed by atoms with van der Waals surface area (Å²) in [7, 11) is 0. The fourth-order valence-corrected chi connectivity index (χ4v) is 5.54.